The van der Waals surface area contributed by atoms with Crippen molar-refractivity contribution in [2.45, 2.75) is 43.7 Å². The first kappa shape index (κ1) is 16.1. The van der Waals surface area contributed by atoms with Gasteiger partial charge < -0.3 is 19.5 Å². The maximum atomic E-state index is 11.0. The molecule has 1 N–H and O–H groups in total. The van der Waals surface area contributed by atoms with Gasteiger partial charge in [-0.15, -0.1) is 0 Å². The van der Waals surface area contributed by atoms with E-state index in [2.05, 4.69) is 19.0 Å². The van der Waals surface area contributed by atoms with Gasteiger partial charge in [-0.25, -0.2) is 0 Å². The van der Waals surface area contributed by atoms with E-state index in [-0.39, 0.29) is 5.54 Å². The van der Waals surface area contributed by atoms with E-state index in [1.54, 1.807) is 14.2 Å². The third-order valence-electron chi connectivity index (χ3n) is 4.84. The molecule has 1 aromatic rings. The number of likely N-dealkylation sites (N-methyl/N-ethyl adjacent to an activating group) is 1. The van der Waals surface area contributed by atoms with E-state index in [0.717, 1.165) is 18.4 Å². The largest absolute Gasteiger partial charge is 0.493 e. The third kappa shape index (κ3) is 3.01. The highest BCUT2D eigenvalue weighted by molar-refractivity contribution is 5.44. The summed E-state index contributed by atoms with van der Waals surface area (Å²) in [5, 5.41) is 11.0. The topological polar surface area (TPSA) is 41.9 Å². The number of benzene rings is 1. The van der Waals surface area contributed by atoms with Crippen LogP contribution in [-0.4, -0.2) is 43.9 Å². The zero-order valence-electron chi connectivity index (χ0n) is 13.6. The molecule has 0 heterocycles. The van der Waals surface area contributed by atoms with Crippen molar-refractivity contribution in [3.8, 4) is 11.5 Å². The van der Waals surface area contributed by atoms with Gasteiger partial charge in [0.25, 0.3) is 0 Å². The predicted molar refractivity (Wildman–Crippen MR) is 84.0 cm³/mol. The molecule has 1 aromatic carbocycles. The molecule has 118 valence electrons. The zero-order valence-corrected chi connectivity index (χ0v) is 13.6. The lowest BCUT2D eigenvalue weighted by Crippen LogP contribution is -2.50. The minimum atomic E-state index is -0.521. The van der Waals surface area contributed by atoms with Crippen molar-refractivity contribution in [3.63, 3.8) is 0 Å². The first-order valence-electron chi connectivity index (χ1n) is 7.62. The summed E-state index contributed by atoms with van der Waals surface area (Å²) in [5.41, 5.74) is 0.709. The Labute approximate surface area is 127 Å². The molecule has 0 amide bonds. The first-order valence-corrected chi connectivity index (χ1v) is 7.62. The summed E-state index contributed by atoms with van der Waals surface area (Å²) in [4.78, 5) is 2.19. The fraction of sp³-hybridized carbons (Fsp3) is 0.647. The van der Waals surface area contributed by atoms with Crippen molar-refractivity contribution in [1.29, 1.82) is 0 Å². The number of aliphatic hydroxyl groups is 1. The molecule has 0 saturated heterocycles. The summed E-state index contributed by atoms with van der Waals surface area (Å²) in [6.07, 6.45) is 5.12. The minimum absolute atomic E-state index is 0.183. The van der Waals surface area contributed by atoms with Crippen LogP contribution in [0.5, 0.6) is 11.5 Å². The fourth-order valence-electron chi connectivity index (χ4n) is 3.46. The lowest BCUT2D eigenvalue weighted by molar-refractivity contribution is -0.0336. The Morgan fingerprint density at radius 2 is 1.67 bits per heavy atom. The molecule has 0 radical (unpaired) electrons. The van der Waals surface area contributed by atoms with Crippen LogP contribution < -0.4 is 9.47 Å². The second-order valence-electron chi connectivity index (χ2n) is 6.08. The van der Waals surface area contributed by atoms with Crippen molar-refractivity contribution in [3.05, 3.63) is 23.8 Å². The highest BCUT2D eigenvalue weighted by Crippen LogP contribution is 2.43. The average molecular weight is 293 g/mol. The molecule has 0 bridgehead atoms. The van der Waals surface area contributed by atoms with Gasteiger partial charge >= 0.3 is 0 Å². The van der Waals surface area contributed by atoms with Crippen molar-refractivity contribution in [2.24, 2.45) is 0 Å². The molecule has 0 aromatic heterocycles. The molecule has 0 aliphatic heterocycles. The lowest BCUT2D eigenvalue weighted by atomic mass is 9.74. The van der Waals surface area contributed by atoms with E-state index in [1.165, 1.54) is 19.3 Å². The smallest absolute Gasteiger partial charge is 0.161 e. The summed E-state index contributed by atoms with van der Waals surface area (Å²) in [6, 6.07) is 5.69. The Morgan fingerprint density at radius 1 is 1.05 bits per heavy atom. The maximum absolute atomic E-state index is 11.0. The van der Waals surface area contributed by atoms with Crippen molar-refractivity contribution in [2.75, 3.05) is 28.3 Å². The Morgan fingerprint density at radius 3 is 2.19 bits per heavy atom. The second-order valence-corrected chi connectivity index (χ2v) is 6.08. The standard InChI is InChI=1S/C17H27NO3/c1-18(2)17(10-6-5-7-11-17)16(19)13-8-9-14(20-3)15(12-13)21-4/h8-9,12,16,19H,5-7,10-11H2,1-4H3. The van der Waals surface area contributed by atoms with Crippen LogP contribution >= 0.6 is 0 Å². The van der Waals surface area contributed by atoms with Crippen molar-refractivity contribution < 1.29 is 14.6 Å². The molecule has 1 saturated carbocycles. The van der Waals surface area contributed by atoms with Crippen LogP contribution in [0.2, 0.25) is 0 Å². The third-order valence-corrected chi connectivity index (χ3v) is 4.84. The number of hydrogen-bond donors (Lipinski definition) is 1. The van der Waals surface area contributed by atoms with Crippen LogP contribution in [0.4, 0.5) is 0 Å². The molecule has 1 atom stereocenters. The summed E-state index contributed by atoms with van der Waals surface area (Å²) in [6.45, 7) is 0. The number of methoxy groups -OCH3 is 2. The molecule has 1 aliphatic rings. The minimum Gasteiger partial charge on any atom is -0.493 e. The molecule has 21 heavy (non-hydrogen) atoms. The van der Waals surface area contributed by atoms with Gasteiger partial charge in [0.1, 0.15) is 0 Å². The number of aliphatic hydroxyl groups excluding tert-OH is 1. The van der Waals surface area contributed by atoms with E-state index in [0.29, 0.717) is 11.5 Å². The Bertz CT molecular complexity index is 467. The van der Waals surface area contributed by atoms with E-state index in [9.17, 15) is 5.11 Å². The Kier molecular flexibility index (Phi) is 5.12. The SMILES string of the molecule is COc1ccc(C(O)C2(N(C)C)CCCCC2)cc1OC. The first-order chi connectivity index (χ1) is 10.0. The van der Waals surface area contributed by atoms with Gasteiger partial charge in [-0.2, -0.15) is 0 Å². The van der Waals surface area contributed by atoms with Gasteiger partial charge in [-0.3, -0.25) is 0 Å². The number of nitrogens with zero attached hydrogens (tertiary/aromatic N) is 1. The number of rotatable bonds is 5. The summed E-state index contributed by atoms with van der Waals surface area (Å²) >= 11 is 0. The molecule has 1 unspecified atom stereocenters. The van der Waals surface area contributed by atoms with Crippen LogP contribution in [0, 0.1) is 0 Å². The molecule has 4 nitrogen and oxygen atoms in total. The molecular formula is C17H27NO3. The second kappa shape index (κ2) is 6.67. The van der Waals surface area contributed by atoms with Crippen LogP contribution in [0.15, 0.2) is 18.2 Å². The zero-order chi connectivity index (χ0) is 15.5. The van der Waals surface area contributed by atoms with Crippen LogP contribution in [-0.2, 0) is 0 Å². The number of hydrogen-bond acceptors (Lipinski definition) is 4. The van der Waals surface area contributed by atoms with E-state index in [1.807, 2.05) is 18.2 Å². The summed E-state index contributed by atoms with van der Waals surface area (Å²) < 4.78 is 10.6. The highest BCUT2D eigenvalue weighted by Gasteiger charge is 2.41. The van der Waals surface area contributed by atoms with Crippen LogP contribution in [0.1, 0.15) is 43.8 Å². The van der Waals surface area contributed by atoms with E-state index < -0.39 is 6.10 Å². The fourth-order valence-corrected chi connectivity index (χ4v) is 3.46. The molecule has 1 aliphatic carbocycles. The Hall–Kier alpha value is -1.26. The van der Waals surface area contributed by atoms with Gasteiger partial charge in [0.2, 0.25) is 0 Å². The summed E-state index contributed by atoms with van der Waals surface area (Å²) in [7, 11) is 7.37. The number of ether oxygens (including phenoxy) is 2. The van der Waals surface area contributed by atoms with Gasteiger partial charge in [0.05, 0.1) is 25.9 Å². The van der Waals surface area contributed by atoms with Gasteiger partial charge in [-0.05, 0) is 44.6 Å². The lowest BCUT2D eigenvalue weighted by Gasteiger charge is -2.46. The molecule has 2 rings (SSSR count). The van der Waals surface area contributed by atoms with Gasteiger partial charge in [0, 0.05) is 0 Å². The predicted octanol–water partition coefficient (Wildman–Crippen LogP) is 3.00. The quantitative estimate of drug-likeness (QED) is 0.906. The van der Waals surface area contributed by atoms with E-state index >= 15 is 0 Å². The molecular weight excluding hydrogens is 266 g/mol. The monoisotopic (exact) mass is 293 g/mol. The molecule has 1 fully saturated rings. The maximum Gasteiger partial charge on any atom is 0.161 e. The van der Waals surface area contributed by atoms with Crippen LogP contribution in [0.25, 0.3) is 0 Å². The highest BCUT2D eigenvalue weighted by atomic mass is 16.5. The van der Waals surface area contributed by atoms with Crippen LogP contribution in [0.3, 0.4) is 0 Å². The van der Waals surface area contributed by atoms with Gasteiger partial charge in [0.15, 0.2) is 11.5 Å². The Balaban J connectivity index is 2.34. The van der Waals surface area contributed by atoms with Gasteiger partial charge in [-0.1, -0.05) is 25.3 Å². The summed E-state index contributed by atoms with van der Waals surface area (Å²) in [5.74, 6) is 1.36. The molecule has 0 spiro atoms. The van der Waals surface area contributed by atoms with E-state index in [4.69, 9.17) is 9.47 Å². The normalized spacial score (nSPS) is 19.3. The molecule has 4 heteroatoms. The van der Waals surface area contributed by atoms with Crippen molar-refractivity contribution in [1.82, 2.24) is 4.90 Å². The van der Waals surface area contributed by atoms with Crippen molar-refractivity contribution >= 4 is 0 Å². The average Bonchev–Trinajstić information content (AvgIpc) is 2.53.